The first-order chi connectivity index (χ1) is 12.7. The van der Waals surface area contributed by atoms with E-state index in [-0.39, 0.29) is 0 Å². The van der Waals surface area contributed by atoms with Crippen molar-refractivity contribution >= 4 is 20.1 Å². The van der Waals surface area contributed by atoms with Crippen molar-refractivity contribution in [2.45, 2.75) is 32.1 Å². The Bertz CT molecular complexity index is 502. The molecule has 0 spiro atoms. The van der Waals surface area contributed by atoms with Gasteiger partial charge in [0, 0.05) is 13.7 Å². The first kappa shape index (κ1) is 21.9. The van der Waals surface area contributed by atoms with Crippen LogP contribution < -0.4 is 8.38 Å². The van der Waals surface area contributed by atoms with Gasteiger partial charge in [-0.05, 0) is 6.42 Å². The Balaban J connectivity index is 1.66. The van der Waals surface area contributed by atoms with Crippen LogP contribution in [0.3, 0.4) is 0 Å². The van der Waals surface area contributed by atoms with Crippen LogP contribution in [0.5, 0.6) is 5.75 Å². The summed E-state index contributed by atoms with van der Waals surface area (Å²) in [5.74, 6) is 1.00. The minimum atomic E-state index is -0.918. The summed E-state index contributed by atoms with van der Waals surface area (Å²) in [5, 5.41) is 2.39. The van der Waals surface area contributed by atoms with Gasteiger partial charge < -0.3 is 4.74 Å². The monoisotopic (exact) mass is 477 g/mol. The fourth-order valence-corrected chi connectivity index (χ4v) is 4.95. The van der Waals surface area contributed by atoms with E-state index in [1.165, 1.54) is 37.9 Å². The molecule has 150 valence electrons. The van der Waals surface area contributed by atoms with Crippen LogP contribution in [-0.2, 0) is 11.2 Å². The Morgan fingerprint density at radius 1 is 1.12 bits per heavy atom. The van der Waals surface area contributed by atoms with Gasteiger partial charge in [-0.1, -0.05) is 6.42 Å². The summed E-state index contributed by atoms with van der Waals surface area (Å²) in [6.07, 6.45) is 5.93. The molecule has 0 unspecified atom stereocenters. The number of rotatable bonds is 12. The standard InChI is InChI=1S/C20H36IN3O2/c1-21(2)22-24-13-8-12-23(18-24)14-16-26-20-11-7-10-19(17-20)9-5-4-6-15-25-3/h7,10-11,17,22H,4-6,8-9,12-16,18H2,1-3H3. The van der Waals surface area contributed by atoms with Crippen molar-refractivity contribution in [2.24, 2.45) is 0 Å². The molecule has 6 heteroatoms. The van der Waals surface area contributed by atoms with Gasteiger partial charge in [0.25, 0.3) is 0 Å². The number of hydrogen-bond donors (Lipinski definition) is 1. The fourth-order valence-electron chi connectivity index (χ4n) is 3.19. The maximum absolute atomic E-state index is 6.02. The number of aryl methyl sites for hydroxylation is 1. The average Bonchev–Trinajstić information content (AvgIpc) is 2.62. The number of hydrogen-bond acceptors (Lipinski definition) is 5. The first-order valence-electron chi connectivity index (χ1n) is 9.61. The molecule has 1 fully saturated rings. The predicted octanol–water partition coefficient (Wildman–Crippen LogP) is 3.58. The molecule has 5 nitrogen and oxygen atoms in total. The van der Waals surface area contributed by atoms with Crippen LogP contribution in [0.2, 0.25) is 0 Å². The molecule has 1 aromatic rings. The first-order valence-corrected chi connectivity index (χ1v) is 15.0. The van der Waals surface area contributed by atoms with E-state index in [0.29, 0.717) is 0 Å². The molecule has 0 radical (unpaired) electrons. The van der Waals surface area contributed by atoms with Crippen LogP contribution in [0.15, 0.2) is 24.3 Å². The van der Waals surface area contributed by atoms with Gasteiger partial charge >= 0.3 is 136 Å². The number of benzene rings is 1. The summed E-state index contributed by atoms with van der Waals surface area (Å²) in [6.45, 7) is 5.96. The molecule has 1 aromatic carbocycles. The number of halogens is 1. The third-order valence-corrected chi connectivity index (χ3v) is 6.10. The maximum atomic E-state index is 6.02. The van der Waals surface area contributed by atoms with Crippen LogP contribution in [0.25, 0.3) is 0 Å². The molecule has 26 heavy (non-hydrogen) atoms. The molecule has 0 bridgehead atoms. The van der Waals surface area contributed by atoms with Crippen molar-refractivity contribution in [1.82, 2.24) is 13.5 Å². The van der Waals surface area contributed by atoms with Gasteiger partial charge in [0.1, 0.15) is 0 Å². The third-order valence-electron chi connectivity index (χ3n) is 4.45. The molecular weight excluding hydrogens is 441 g/mol. The Labute approximate surface area is 167 Å². The molecule has 0 aromatic heterocycles. The number of nitrogens with zero attached hydrogens (tertiary/aromatic N) is 2. The zero-order chi connectivity index (χ0) is 18.6. The fraction of sp³-hybridized carbons (Fsp3) is 0.700. The van der Waals surface area contributed by atoms with E-state index in [2.05, 4.69) is 47.7 Å². The molecule has 1 aliphatic heterocycles. The molecule has 0 atom stereocenters. The van der Waals surface area contributed by atoms with Gasteiger partial charge in [0.05, 0.1) is 0 Å². The van der Waals surface area contributed by atoms with Crippen molar-refractivity contribution in [3.63, 3.8) is 0 Å². The summed E-state index contributed by atoms with van der Waals surface area (Å²) in [7, 11) is 1.77. The summed E-state index contributed by atoms with van der Waals surface area (Å²) >= 11 is -0.918. The zero-order valence-corrected chi connectivity index (χ0v) is 18.8. The van der Waals surface area contributed by atoms with Crippen LogP contribution in [0, 0.1) is 0 Å². The van der Waals surface area contributed by atoms with Gasteiger partial charge in [0.15, 0.2) is 0 Å². The number of ether oxygens (including phenoxy) is 2. The van der Waals surface area contributed by atoms with Crippen LogP contribution >= 0.6 is 20.1 Å². The van der Waals surface area contributed by atoms with Crippen molar-refractivity contribution in [3.8, 4) is 5.75 Å². The third kappa shape index (κ3) is 8.99. The van der Waals surface area contributed by atoms with Crippen molar-refractivity contribution in [1.29, 1.82) is 0 Å². The zero-order valence-electron chi connectivity index (χ0n) is 16.7. The molecule has 2 rings (SSSR count). The number of unbranched alkanes of at least 4 members (excludes halogenated alkanes) is 2. The molecule has 0 saturated carbocycles. The van der Waals surface area contributed by atoms with Crippen molar-refractivity contribution in [3.05, 3.63) is 29.8 Å². The quantitative estimate of drug-likeness (QED) is 0.216. The Morgan fingerprint density at radius 3 is 2.81 bits per heavy atom. The number of methoxy groups -OCH3 is 1. The second-order valence-corrected chi connectivity index (χ2v) is 11.8. The number of hydrazine groups is 1. The summed E-state index contributed by atoms with van der Waals surface area (Å²) in [4.78, 5) is 7.17. The molecule has 1 heterocycles. The minimum absolute atomic E-state index is 0.756. The van der Waals surface area contributed by atoms with Gasteiger partial charge in [-0.3, -0.25) is 0 Å². The van der Waals surface area contributed by atoms with E-state index in [4.69, 9.17) is 9.47 Å². The SMILES string of the molecule is COCCCCCc1cccc(OCCN2CCCN(NI(C)C)C2)c1. The van der Waals surface area contributed by atoms with E-state index in [1.807, 2.05) is 0 Å². The summed E-state index contributed by atoms with van der Waals surface area (Å²) in [6, 6.07) is 8.59. The Hall–Kier alpha value is -0.410. The second-order valence-electron chi connectivity index (χ2n) is 7.02. The predicted molar refractivity (Wildman–Crippen MR) is 118 cm³/mol. The average molecular weight is 477 g/mol. The number of nitrogens with one attached hydrogen (secondary N) is 1. The molecule has 0 aliphatic carbocycles. The second kappa shape index (κ2) is 12.9. The van der Waals surface area contributed by atoms with Crippen LogP contribution in [0.4, 0.5) is 0 Å². The summed E-state index contributed by atoms with van der Waals surface area (Å²) in [5.41, 5.74) is 1.37. The number of alkyl halides is 2. The molecule has 0 amide bonds. The van der Waals surface area contributed by atoms with Crippen LogP contribution in [0.1, 0.15) is 31.2 Å². The van der Waals surface area contributed by atoms with E-state index in [0.717, 1.165) is 45.0 Å². The van der Waals surface area contributed by atoms with Gasteiger partial charge in [-0.2, -0.15) is 0 Å². The Kier molecular flexibility index (Phi) is 10.8. The van der Waals surface area contributed by atoms with Crippen LogP contribution in [-0.4, -0.2) is 66.4 Å². The van der Waals surface area contributed by atoms with Gasteiger partial charge in [-0.15, -0.1) is 0 Å². The van der Waals surface area contributed by atoms with E-state index >= 15 is 0 Å². The van der Waals surface area contributed by atoms with E-state index < -0.39 is 20.1 Å². The molecule has 1 N–H and O–H groups in total. The molecule has 1 aliphatic rings. The van der Waals surface area contributed by atoms with E-state index in [9.17, 15) is 0 Å². The van der Waals surface area contributed by atoms with Crippen molar-refractivity contribution < 1.29 is 9.47 Å². The topological polar surface area (TPSA) is 37.0 Å². The molecule has 1 saturated heterocycles. The van der Waals surface area contributed by atoms with Crippen molar-refractivity contribution in [2.75, 3.05) is 56.5 Å². The molecular formula is C20H36IN3O2. The van der Waals surface area contributed by atoms with E-state index in [1.54, 1.807) is 7.11 Å². The summed E-state index contributed by atoms with van der Waals surface area (Å²) < 4.78 is 14.8. The normalized spacial score (nSPS) is 16.7. The van der Waals surface area contributed by atoms with Gasteiger partial charge in [-0.25, -0.2) is 0 Å². The van der Waals surface area contributed by atoms with Gasteiger partial charge in [0.2, 0.25) is 0 Å². The Morgan fingerprint density at radius 2 is 2.00 bits per heavy atom.